The molecule has 1 unspecified atom stereocenters. The highest BCUT2D eigenvalue weighted by atomic mass is 35.5. The van der Waals surface area contributed by atoms with Crippen molar-refractivity contribution >= 4 is 11.6 Å². The van der Waals surface area contributed by atoms with Crippen molar-refractivity contribution in [3.63, 3.8) is 0 Å². The van der Waals surface area contributed by atoms with Crippen molar-refractivity contribution < 1.29 is 4.39 Å². The first kappa shape index (κ1) is 9.94. The number of hydrogen-bond acceptors (Lipinski definition) is 1. The second kappa shape index (κ2) is 3.52. The lowest BCUT2D eigenvalue weighted by Gasteiger charge is -2.25. The molecule has 1 heterocycles. The zero-order valence-corrected chi connectivity index (χ0v) is 8.87. The van der Waals surface area contributed by atoms with Crippen molar-refractivity contribution in [1.82, 2.24) is 5.32 Å². The lowest BCUT2D eigenvalue weighted by Crippen LogP contribution is -2.34. The fraction of sp³-hybridized carbons (Fsp3) is 0.455. The molecule has 0 aliphatic carbocycles. The number of benzene rings is 1. The number of hydrogen-bond donors (Lipinski definition) is 1. The van der Waals surface area contributed by atoms with Crippen LogP contribution in [0.2, 0.25) is 5.02 Å². The molecule has 0 radical (unpaired) electrons. The quantitative estimate of drug-likeness (QED) is 0.756. The van der Waals surface area contributed by atoms with Crippen LogP contribution in [0.25, 0.3) is 0 Å². The standard InChI is InChI=1S/C11H13ClFN/c1-11(5-2-6-14-11)9-7-8(12)3-4-10(9)13/h3-4,7,14H,2,5-6H2,1H3. The SMILES string of the molecule is CC1(c2cc(Cl)ccc2F)CCCN1. The Kier molecular flexibility index (Phi) is 2.50. The molecule has 0 spiro atoms. The summed E-state index contributed by atoms with van der Waals surface area (Å²) in [6, 6.07) is 4.73. The molecule has 3 heteroatoms. The molecule has 0 saturated carbocycles. The number of nitrogens with one attached hydrogen (secondary N) is 1. The Labute approximate surface area is 88.3 Å². The molecular formula is C11H13ClFN. The van der Waals surface area contributed by atoms with Crippen molar-refractivity contribution in [3.05, 3.63) is 34.6 Å². The normalized spacial score (nSPS) is 26.8. The van der Waals surface area contributed by atoms with E-state index in [0.29, 0.717) is 10.6 Å². The minimum absolute atomic E-state index is 0.175. The van der Waals surface area contributed by atoms with E-state index in [2.05, 4.69) is 5.32 Å². The average molecular weight is 214 g/mol. The molecule has 76 valence electrons. The van der Waals surface area contributed by atoms with E-state index in [1.165, 1.54) is 6.07 Å². The molecule has 1 N–H and O–H groups in total. The lowest BCUT2D eigenvalue weighted by atomic mass is 9.90. The van der Waals surface area contributed by atoms with E-state index in [1.807, 2.05) is 6.92 Å². The molecule has 0 bridgehead atoms. The predicted molar refractivity (Wildman–Crippen MR) is 56.0 cm³/mol. The third-order valence-corrected chi connectivity index (χ3v) is 3.13. The molecule has 1 fully saturated rings. The zero-order valence-electron chi connectivity index (χ0n) is 8.11. The maximum atomic E-state index is 13.6. The van der Waals surface area contributed by atoms with Crippen molar-refractivity contribution in [2.45, 2.75) is 25.3 Å². The Morgan fingerprint density at radius 2 is 2.29 bits per heavy atom. The van der Waals surface area contributed by atoms with Gasteiger partial charge >= 0.3 is 0 Å². The van der Waals surface area contributed by atoms with Crippen LogP contribution in [-0.2, 0) is 5.54 Å². The van der Waals surface area contributed by atoms with Gasteiger partial charge in [-0.05, 0) is 44.5 Å². The Hall–Kier alpha value is -0.600. The molecule has 1 aliphatic heterocycles. The molecule has 1 saturated heterocycles. The van der Waals surface area contributed by atoms with Gasteiger partial charge < -0.3 is 5.32 Å². The third kappa shape index (κ3) is 1.64. The summed E-state index contributed by atoms with van der Waals surface area (Å²) in [6.45, 7) is 2.97. The summed E-state index contributed by atoms with van der Waals surface area (Å²) in [5.74, 6) is -0.175. The second-order valence-electron chi connectivity index (χ2n) is 3.99. The van der Waals surface area contributed by atoms with E-state index in [9.17, 15) is 4.39 Å². The summed E-state index contributed by atoms with van der Waals surface area (Å²) < 4.78 is 13.6. The van der Waals surface area contributed by atoms with Gasteiger partial charge in [-0.3, -0.25) is 0 Å². The number of rotatable bonds is 1. The van der Waals surface area contributed by atoms with Crippen LogP contribution >= 0.6 is 11.6 Å². The monoisotopic (exact) mass is 213 g/mol. The van der Waals surface area contributed by atoms with E-state index in [1.54, 1.807) is 12.1 Å². The van der Waals surface area contributed by atoms with Crippen LogP contribution in [0.5, 0.6) is 0 Å². The van der Waals surface area contributed by atoms with Gasteiger partial charge in [-0.25, -0.2) is 4.39 Å². The highest BCUT2D eigenvalue weighted by molar-refractivity contribution is 6.30. The van der Waals surface area contributed by atoms with E-state index >= 15 is 0 Å². The van der Waals surface area contributed by atoms with Crippen LogP contribution in [0.4, 0.5) is 4.39 Å². The average Bonchev–Trinajstić information content (AvgIpc) is 2.58. The summed E-state index contributed by atoms with van der Waals surface area (Å²) in [5, 5.41) is 3.91. The topological polar surface area (TPSA) is 12.0 Å². The highest BCUT2D eigenvalue weighted by Gasteiger charge is 2.32. The van der Waals surface area contributed by atoms with Crippen LogP contribution < -0.4 is 5.32 Å². The Bertz CT molecular complexity index is 345. The first-order valence-electron chi connectivity index (χ1n) is 4.82. The smallest absolute Gasteiger partial charge is 0.128 e. The van der Waals surface area contributed by atoms with Crippen LogP contribution in [0.3, 0.4) is 0 Å². The first-order chi connectivity index (χ1) is 6.62. The molecule has 1 aromatic carbocycles. The van der Waals surface area contributed by atoms with Gasteiger partial charge in [-0.15, -0.1) is 0 Å². The summed E-state index contributed by atoms with van der Waals surface area (Å²) in [7, 11) is 0. The van der Waals surface area contributed by atoms with Crippen LogP contribution in [0.1, 0.15) is 25.3 Å². The predicted octanol–water partition coefficient (Wildman–Crippen LogP) is 3.08. The van der Waals surface area contributed by atoms with Crippen LogP contribution in [-0.4, -0.2) is 6.54 Å². The largest absolute Gasteiger partial charge is 0.308 e. The van der Waals surface area contributed by atoms with Crippen molar-refractivity contribution in [3.8, 4) is 0 Å². The van der Waals surface area contributed by atoms with Gasteiger partial charge in [0.1, 0.15) is 5.82 Å². The summed E-state index contributed by atoms with van der Waals surface area (Å²) in [5.41, 5.74) is 0.442. The third-order valence-electron chi connectivity index (χ3n) is 2.89. The van der Waals surface area contributed by atoms with E-state index in [-0.39, 0.29) is 11.4 Å². The summed E-state index contributed by atoms with van der Waals surface area (Å²) in [4.78, 5) is 0. The van der Waals surface area contributed by atoms with Gasteiger partial charge in [0.05, 0.1) is 0 Å². The van der Waals surface area contributed by atoms with Gasteiger partial charge in [0, 0.05) is 16.1 Å². The second-order valence-corrected chi connectivity index (χ2v) is 4.42. The molecule has 1 nitrogen and oxygen atoms in total. The van der Waals surface area contributed by atoms with Crippen LogP contribution in [0.15, 0.2) is 18.2 Å². The van der Waals surface area contributed by atoms with Gasteiger partial charge in [0.15, 0.2) is 0 Å². The van der Waals surface area contributed by atoms with E-state index in [4.69, 9.17) is 11.6 Å². The maximum absolute atomic E-state index is 13.6. The van der Waals surface area contributed by atoms with E-state index in [0.717, 1.165) is 19.4 Å². The Morgan fingerprint density at radius 1 is 1.50 bits per heavy atom. The molecule has 2 rings (SSSR count). The molecule has 1 aliphatic rings. The van der Waals surface area contributed by atoms with Gasteiger partial charge in [0.2, 0.25) is 0 Å². The molecule has 0 amide bonds. The maximum Gasteiger partial charge on any atom is 0.128 e. The summed E-state index contributed by atoms with van der Waals surface area (Å²) >= 11 is 5.86. The van der Waals surface area contributed by atoms with Crippen molar-refractivity contribution in [2.24, 2.45) is 0 Å². The molecule has 1 aromatic rings. The van der Waals surface area contributed by atoms with Crippen molar-refractivity contribution in [2.75, 3.05) is 6.54 Å². The Balaban J connectivity index is 2.44. The van der Waals surface area contributed by atoms with Gasteiger partial charge in [-0.2, -0.15) is 0 Å². The Morgan fingerprint density at radius 3 is 2.93 bits per heavy atom. The van der Waals surface area contributed by atoms with Gasteiger partial charge in [-0.1, -0.05) is 11.6 Å². The number of halogens is 2. The van der Waals surface area contributed by atoms with E-state index < -0.39 is 0 Å². The first-order valence-corrected chi connectivity index (χ1v) is 5.20. The fourth-order valence-corrected chi connectivity index (χ4v) is 2.22. The summed E-state index contributed by atoms with van der Waals surface area (Å²) in [6.07, 6.45) is 2.05. The lowest BCUT2D eigenvalue weighted by molar-refractivity contribution is 0.411. The van der Waals surface area contributed by atoms with Crippen molar-refractivity contribution in [1.29, 1.82) is 0 Å². The molecule has 1 atom stereocenters. The minimum atomic E-state index is -0.241. The minimum Gasteiger partial charge on any atom is -0.308 e. The molecular weight excluding hydrogens is 201 g/mol. The highest BCUT2D eigenvalue weighted by Crippen LogP contribution is 2.33. The zero-order chi connectivity index (χ0) is 10.2. The molecule has 14 heavy (non-hydrogen) atoms. The molecule has 0 aromatic heterocycles. The van der Waals surface area contributed by atoms with Crippen LogP contribution in [0, 0.1) is 5.82 Å². The fourth-order valence-electron chi connectivity index (χ4n) is 2.04. The van der Waals surface area contributed by atoms with Gasteiger partial charge in [0.25, 0.3) is 0 Å².